The van der Waals surface area contributed by atoms with Crippen LogP contribution in [0.4, 0.5) is 17.6 Å². The molecule has 0 unspecified atom stereocenters. The summed E-state index contributed by atoms with van der Waals surface area (Å²) in [7, 11) is 0. The molecule has 0 spiro atoms. The van der Waals surface area contributed by atoms with Gasteiger partial charge in [-0.2, -0.15) is 10.1 Å². The minimum absolute atomic E-state index is 0.552. The normalized spacial score (nSPS) is 22.9. The van der Waals surface area contributed by atoms with E-state index in [-0.39, 0.29) is 0 Å². The quantitative estimate of drug-likeness (QED) is 0.687. The lowest BCUT2D eigenvalue weighted by molar-refractivity contribution is -0.111. The van der Waals surface area contributed by atoms with Crippen LogP contribution in [-0.4, -0.2) is 43.2 Å². The Labute approximate surface area is 150 Å². The van der Waals surface area contributed by atoms with Crippen molar-refractivity contribution in [3.8, 4) is 0 Å². The van der Waals surface area contributed by atoms with E-state index in [0.29, 0.717) is 17.7 Å². The summed E-state index contributed by atoms with van der Waals surface area (Å²) in [6.45, 7) is 2.72. The van der Waals surface area contributed by atoms with E-state index in [1.54, 1.807) is 4.52 Å². The van der Waals surface area contributed by atoms with Crippen molar-refractivity contribution in [3.05, 3.63) is 30.1 Å². The van der Waals surface area contributed by atoms with Crippen LogP contribution in [0.2, 0.25) is 0 Å². The first-order chi connectivity index (χ1) is 12.7. The lowest BCUT2D eigenvalue weighted by Crippen LogP contribution is -2.43. The van der Waals surface area contributed by atoms with Crippen molar-refractivity contribution in [1.82, 2.24) is 24.8 Å². The average molecular weight is 351 g/mol. The van der Waals surface area contributed by atoms with Crippen molar-refractivity contribution in [2.75, 3.05) is 16.8 Å². The summed E-state index contributed by atoms with van der Waals surface area (Å²) in [5.41, 5.74) is 1.49. The highest BCUT2D eigenvalue weighted by Gasteiger charge is 2.38. The maximum Gasteiger partial charge on any atom is 0.246 e. The Hall–Kier alpha value is -2.90. The lowest BCUT2D eigenvalue weighted by atomic mass is 10.0. The van der Waals surface area contributed by atoms with Gasteiger partial charge >= 0.3 is 0 Å². The molecule has 1 aliphatic carbocycles. The second-order valence-corrected chi connectivity index (χ2v) is 7.44. The van der Waals surface area contributed by atoms with E-state index in [9.17, 15) is 4.79 Å². The highest BCUT2D eigenvalue weighted by Crippen LogP contribution is 2.40. The van der Waals surface area contributed by atoms with Gasteiger partial charge in [-0.05, 0) is 44.7 Å². The van der Waals surface area contributed by atoms with E-state index in [2.05, 4.69) is 20.6 Å². The number of carbonyl (C=O) groups excluding carboxylic acids is 1. The van der Waals surface area contributed by atoms with Gasteiger partial charge in [-0.1, -0.05) is 0 Å². The summed E-state index contributed by atoms with van der Waals surface area (Å²) in [4.78, 5) is 18.4. The Bertz CT molecular complexity index is 973. The summed E-state index contributed by atoms with van der Waals surface area (Å²) in [5, 5.41) is 15.4. The Balaban J connectivity index is 1.53. The van der Waals surface area contributed by atoms with Crippen LogP contribution in [0.5, 0.6) is 0 Å². The monoisotopic (exact) mass is 351 g/mol. The molecule has 5 rings (SSSR count). The number of hydrogen-bond donors (Lipinski definition) is 2. The molecule has 2 N–H and O–H groups in total. The van der Waals surface area contributed by atoms with Crippen LogP contribution in [0.25, 0.3) is 5.52 Å². The van der Waals surface area contributed by atoms with Crippen molar-refractivity contribution < 1.29 is 4.79 Å². The van der Waals surface area contributed by atoms with Crippen LogP contribution in [0.15, 0.2) is 24.4 Å². The van der Waals surface area contributed by atoms with Gasteiger partial charge in [-0.3, -0.25) is 5.10 Å². The van der Waals surface area contributed by atoms with Crippen LogP contribution in [0, 0.1) is 0 Å². The number of fused-ring (bicyclic) bond motifs is 1. The van der Waals surface area contributed by atoms with E-state index in [0.717, 1.165) is 37.0 Å². The molecule has 1 atom stereocenters. The van der Waals surface area contributed by atoms with Gasteiger partial charge in [0.1, 0.15) is 11.8 Å². The predicted molar refractivity (Wildman–Crippen MR) is 97.9 cm³/mol. The van der Waals surface area contributed by atoms with E-state index in [1.807, 2.05) is 36.2 Å². The zero-order valence-corrected chi connectivity index (χ0v) is 14.6. The largest absolute Gasteiger partial charge is 0.327 e. The Morgan fingerprint density at radius 2 is 2.31 bits per heavy atom. The number of hydrogen-bond acceptors (Lipinski definition) is 6. The van der Waals surface area contributed by atoms with Gasteiger partial charge in [0.25, 0.3) is 0 Å². The fourth-order valence-corrected chi connectivity index (χ4v) is 3.69. The Morgan fingerprint density at radius 3 is 3.12 bits per heavy atom. The number of nitrogens with one attached hydrogen (secondary N) is 2. The predicted octanol–water partition coefficient (Wildman–Crippen LogP) is 2.63. The van der Waals surface area contributed by atoms with Crippen molar-refractivity contribution in [2.24, 2.45) is 0 Å². The first-order valence-corrected chi connectivity index (χ1v) is 9.08. The molecule has 0 bridgehead atoms. The van der Waals surface area contributed by atoms with Crippen molar-refractivity contribution in [2.45, 2.75) is 44.1 Å². The van der Waals surface area contributed by atoms with Gasteiger partial charge in [0.15, 0.2) is 11.6 Å². The fraction of sp³-hybridized carbons (Fsp3) is 0.444. The van der Waals surface area contributed by atoms with Gasteiger partial charge in [0.2, 0.25) is 5.95 Å². The van der Waals surface area contributed by atoms with Gasteiger partial charge < -0.3 is 15.0 Å². The van der Waals surface area contributed by atoms with Gasteiger partial charge in [0.05, 0.1) is 5.54 Å². The van der Waals surface area contributed by atoms with Gasteiger partial charge in [0, 0.05) is 30.4 Å². The highest BCUT2D eigenvalue weighted by molar-refractivity contribution is 5.75. The SMILES string of the molecule is C[C@@]1(C=O)CCCN1c1nc(Nc2cc(C3CC3)[nH]n2)c2cccn2n1. The molecule has 1 aliphatic heterocycles. The number of H-pyrrole nitrogens is 1. The zero-order valence-electron chi connectivity index (χ0n) is 14.6. The van der Waals surface area contributed by atoms with Crippen molar-refractivity contribution in [3.63, 3.8) is 0 Å². The number of nitrogens with zero attached hydrogens (tertiary/aromatic N) is 5. The number of rotatable bonds is 5. The summed E-state index contributed by atoms with van der Waals surface area (Å²) < 4.78 is 1.79. The van der Waals surface area contributed by atoms with E-state index >= 15 is 0 Å². The molecule has 1 saturated carbocycles. The molecule has 134 valence electrons. The zero-order chi connectivity index (χ0) is 17.7. The number of aromatic nitrogens is 5. The van der Waals surface area contributed by atoms with E-state index < -0.39 is 5.54 Å². The van der Waals surface area contributed by atoms with Crippen LogP contribution < -0.4 is 10.2 Å². The number of aromatic amines is 1. The summed E-state index contributed by atoms with van der Waals surface area (Å²) in [6, 6.07) is 5.94. The third kappa shape index (κ3) is 2.44. The molecule has 8 nitrogen and oxygen atoms in total. The standard InChI is InChI=1S/C18H21N7O/c1-18(11-26)7-3-8-24(18)17-20-16(14-4-2-9-25(14)23-17)19-15-10-13(21-22-15)12-5-6-12/h2,4,9-12H,3,5-8H2,1H3,(H2,19,20,21,22,23)/t18-/m0/s1. The Morgan fingerprint density at radius 1 is 1.42 bits per heavy atom. The molecule has 0 amide bonds. The molecule has 26 heavy (non-hydrogen) atoms. The number of anilines is 3. The molecular weight excluding hydrogens is 330 g/mol. The average Bonchev–Trinajstić information content (AvgIpc) is 3.05. The maximum absolute atomic E-state index is 11.6. The first-order valence-electron chi connectivity index (χ1n) is 9.08. The smallest absolute Gasteiger partial charge is 0.246 e. The molecule has 2 fully saturated rings. The number of aldehydes is 1. The highest BCUT2D eigenvalue weighted by atomic mass is 16.1. The van der Waals surface area contributed by atoms with Crippen molar-refractivity contribution >= 4 is 29.4 Å². The van der Waals surface area contributed by atoms with Crippen molar-refractivity contribution in [1.29, 1.82) is 0 Å². The summed E-state index contributed by atoms with van der Waals surface area (Å²) in [5.74, 6) is 2.61. The Kier molecular flexibility index (Phi) is 3.28. The summed E-state index contributed by atoms with van der Waals surface area (Å²) in [6.07, 6.45) is 7.11. The summed E-state index contributed by atoms with van der Waals surface area (Å²) >= 11 is 0. The molecule has 4 heterocycles. The first kappa shape index (κ1) is 15.4. The van der Waals surface area contributed by atoms with E-state index in [1.165, 1.54) is 18.5 Å². The van der Waals surface area contributed by atoms with Gasteiger partial charge in [-0.15, -0.1) is 5.10 Å². The lowest BCUT2D eigenvalue weighted by Gasteiger charge is -2.30. The molecule has 3 aromatic heterocycles. The second kappa shape index (κ2) is 5.55. The number of carbonyl (C=O) groups is 1. The second-order valence-electron chi connectivity index (χ2n) is 7.44. The molecule has 3 aromatic rings. The fourth-order valence-electron chi connectivity index (χ4n) is 3.69. The minimum Gasteiger partial charge on any atom is -0.327 e. The third-order valence-corrected chi connectivity index (χ3v) is 5.42. The van der Waals surface area contributed by atoms with Gasteiger partial charge in [-0.25, -0.2) is 4.52 Å². The topological polar surface area (TPSA) is 91.2 Å². The van der Waals surface area contributed by atoms with Crippen LogP contribution in [0.1, 0.15) is 44.2 Å². The minimum atomic E-state index is -0.552. The third-order valence-electron chi connectivity index (χ3n) is 5.42. The molecule has 0 radical (unpaired) electrons. The molecular formula is C18H21N7O. The molecule has 1 saturated heterocycles. The van der Waals surface area contributed by atoms with E-state index in [4.69, 9.17) is 4.98 Å². The molecule has 0 aromatic carbocycles. The van der Waals surface area contributed by atoms with Crippen LogP contribution in [-0.2, 0) is 4.79 Å². The van der Waals surface area contributed by atoms with Crippen LogP contribution >= 0.6 is 0 Å². The molecule has 2 aliphatic rings. The molecule has 8 heteroatoms. The van der Waals surface area contributed by atoms with Crippen LogP contribution in [0.3, 0.4) is 0 Å². The maximum atomic E-state index is 11.6.